The summed E-state index contributed by atoms with van der Waals surface area (Å²) in [7, 11) is 0. The zero-order valence-corrected chi connectivity index (χ0v) is 17.2. The Kier molecular flexibility index (Phi) is 10.6. The average Bonchev–Trinajstić information content (AvgIpc) is 2.64. The maximum absolute atomic E-state index is 12.6. The van der Waals surface area contributed by atoms with Gasteiger partial charge in [0.25, 0.3) is 0 Å². The predicted octanol–water partition coefficient (Wildman–Crippen LogP) is 1.60. The fourth-order valence-corrected chi connectivity index (χ4v) is 3.83. The molecule has 3 rings (SSSR count). The van der Waals surface area contributed by atoms with Gasteiger partial charge in [-0.05, 0) is 18.4 Å². The Labute approximate surface area is 173 Å². The van der Waals surface area contributed by atoms with Gasteiger partial charge in [-0.1, -0.05) is 30.3 Å². The van der Waals surface area contributed by atoms with Gasteiger partial charge in [-0.2, -0.15) is 0 Å². The lowest BCUT2D eigenvalue weighted by Crippen LogP contribution is -2.53. The van der Waals surface area contributed by atoms with Crippen LogP contribution in [0.15, 0.2) is 30.3 Å². The first-order chi connectivity index (χ1) is 12.2. The number of nitrogens with zero attached hydrogens (tertiary/aromatic N) is 2. The Morgan fingerprint density at radius 1 is 1.15 bits per heavy atom. The van der Waals surface area contributed by atoms with Gasteiger partial charge in [0.1, 0.15) is 0 Å². The number of aliphatic hydroxyl groups is 1. The van der Waals surface area contributed by atoms with Crippen molar-refractivity contribution in [2.75, 3.05) is 39.3 Å². The molecule has 2 saturated heterocycles. The number of carbonyl (C=O) groups is 1. The van der Waals surface area contributed by atoms with Crippen molar-refractivity contribution < 1.29 is 14.6 Å². The number of aliphatic hydroxyl groups excluding tert-OH is 1. The highest BCUT2D eigenvalue weighted by Gasteiger charge is 2.37. The number of piperidine rings is 1. The lowest BCUT2D eigenvalue weighted by Gasteiger charge is -2.44. The third-order valence-corrected chi connectivity index (χ3v) is 5.17. The number of likely N-dealkylation sites (tertiary alicyclic amines) is 1. The second-order valence-corrected chi connectivity index (χ2v) is 6.92. The van der Waals surface area contributed by atoms with Crippen molar-refractivity contribution in [3.63, 3.8) is 0 Å². The van der Waals surface area contributed by atoms with Crippen molar-refractivity contribution in [2.24, 2.45) is 5.73 Å². The molecule has 0 spiro atoms. The molecule has 154 valence electrons. The molecule has 2 aliphatic heterocycles. The van der Waals surface area contributed by atoms with Gasteiger partial charge in [-0.15, -0.1) is 24.8 Å². The molecule has 3 N–H and O–H groups in total. The molecule has 0 unspecified atom stereocenters. The van der Waals surface area contributed by atoms with Crippen molar-refractivity contribution in [2.45, 2.75) is 37.5 Å². The standard InChI is InChI=1S/C19H29N3O3.2ClH/c20-9-6-18(24)22-12-13-25-17(14-21-10-7-16(23)8-11-21)19(22)15-4-2-1-3-5-15;;/h1-5,16-17,19,23H,6-14,20H2;2*1H/t17-,19-;;/m0../s1. The molecule has 2 aliphatic rings. The maximum atomic E-state index is 12.6. The molecule has 0 saturated carbocycles. The van der Waals surface area contributed by atoms with E-state index in [1.807, 2.05) is 23.1 Å². The van der Waals surface area contributed by atoms with Gasteiger partial charge in [-0.25, -0.2) is 0 Å². The van der Waals surface area contributed by atoms with E-state index >= 15 is 0 Å². The molecule has 1 amide bonds. The zero-order chi connectivity index (χ0) is 17.6. The minimum Gasteiger partial charge on any atom is -0.393 e. The number of rotatable bonds is 5. The molecule has 0 aliphatic carbocycles. The highest BCUT2D eigenvalue weighted by Crippen LogP contribution is 2.31. The van der Waals surface area contributed by atoms with Crippen LogP contribution in [-0.2, 0) is 9.53 Å². The lowest BCUT2D eigenvalue weighted by molar-refractivity contribution is -0.148. The second-order valence-electron chi connectivity index (χ2n) is 6.92. The monoisotopic (exact) mass is 419 g/mol. The summed E-state index contributed by atoms with van der Waals surface area (Å²) >= 11 is 0. The number of amides is 1. The molecule has 2 atom stereocenters. The van der Waals surface area contributed by atoms with E-state index < -0.39 is 0 Å². The number of carbonyl (C=O) groups excluding carboxylic acids is 1. The number of morpholine rings is 1. The number of benzene rings is 1. The number of halogens is 2. The first-order valence-corrected chi connectivity index (χ1v) is 9.25. The van der Waals surface area contributed by atoms with Crippen LogP contribution in [0, 0.1) is 0 Å². The van der Waals surface area contributed by atoms with Crippen LogP contribution in [0.4, 0.5) is 0 Å². The Balaban J connectivity index is 0.00000182. The van der Waals surface area contributed by atoms with E-state index in [9.17, 15) is 9.90 Å². The minimum atomic E-state index is -0.184. The summed E-state index contributed by atoms with van der Waals surface area (Å²) in [6.07, 6.45) is 1.73. The second kappa shape index (κ2) is 11.8. The molecular formula is C19H31Cl2N3O3. The van der Waals surface area contributed by atoms with E-state index in [2.05, 4.69) is 17.0 Å². The van der Waals surface area contributed by atoms with Crippen molar-refractivity contribution >= 4 is 30.7 Å². The van der Waals surface area contributed by atoms with Crippen molar-refractivity contribution in [1.82, 2.24) is 9.80 Å². The molecule has 6 nitrogen and oxygen atoms in total. The SMILES string of the molecule is Cl.Cl.NCCC(=O)N1CCO[C@@H](CN2CCC(O)CC2)[C@@H]1c1ccccc1. The first kappa shape index (κ1) is 24.1. The summed E-state index contributed by atoms with van der Waals surface area (Å²) in [5.41, 5.74) is 6.71. The summed E-state index contributed by atoms with van der Waals surface area (Å²) in [6.45, 7) is 4.05. The van der Waals surface area contributed by atoms with Crippen molar-refractivity contribution in [1.29, 1.82) is 0 Å². The van der Waals surface area contributed by atoms with E-state index in [1.165, 1.54) is 0 Å². The molecule has 1 aromatic rings. The summed E-state index contributed by atoms with van der Waals surface area (Å²) in [5.74, 6) is 0.0960. The average molecular weight is 420 g/mol. The van der Waals surface area contributed by atoms with E-state index in [-0.39, 0.29) is 49.0 Å². The van der Waals surface area contributed by atoms with Crippen LogP contribution in [0.5, 0.6) is 0 Å². The zero-order valence-electron chi connectivity index (χ0n) is 15.5. The molecule has 2 heterocycles. The van der Waals surface area contributed by atoms with Gasteiger partial charge < -0.3 is 25.4 Å². The fraction of sp³-hybridized carbons (Fsp3) is 0.632. The largest absolute Gasteiger partial charge is 0.393 e. The number of hydrogen-bond acceptors (Lipinski definition) is 5. The van der Waals surface area contributed by atoms with E-state index in [1.54, 1.807) is 0 Å². The predicted molar refractivity (Wildman–Crippen MR) is 110 cm³/mol. The van der Waals surface area contributed by atoms with Crippen LogP contribution >= 0.6 is 24.8 Å². The van der Waals surface area contributed by atoms with Crippen LogP contribution in [0.2, 0.25) is 0 Å². The number of nitrogens with two attached hydrogens (primary N) is 1. The fourth-order valence-electron chi connectivity index (χ4n) is 3.83. The smallest absolute Gasteiger partial charge is 0.224 e. The van der Waals surface area contributed by atoms with Gasteiger partial charge in [0.2, 0.25) is 5.91 Å². The molecule has 8 heteroatoms. The Hall–Kier alpha value is -0.890. The van der Waals surface area contributed by atoms with Crippen LogP contribution in [0.3, 0.4) is 0 Å². The van der Waals surface area contributed by atoms with Gasteiger partial charge in [0.15, 0.2) is 0 Å². The van der Waals surface area contributed by atoms with E-state index in [0.29, 0.717) is 26.1 Å². The highest BCUT2D eigenvalue weighted by molar-refractivity contribution is 5.85. The summed E-state index contributed by atoms with van der Waals surface area (Å²) in [6, 6.07) is 10.0. The highest BCUT2D eigenvalue weighted by atomic mass is 35.5. The van der Waals surface area contributed by atoms with Crippen LogP contribution in [-0.4, -0.2) is 72.4 Å². The van der Waals surface area contributed by atoms with E-state index in [4.69, 9.17) is 10.5 Å². The minimum absolute atomic E-state index is 0. The Morgan fingerprint density at radius 2 is 1.81 bits per heavy atom. The van der Waals surface area contributed by atoms with Crippen LogP contribution in [0.1, 0.15) is 30.9 Å². The molecule has 0 bridgehead atoms. The molecule has 1 aromatic carbocycles. The van der Waals surface area contributed by atoms with Crippen LogP contribution < -0.4 is 5.73 Å². The molecule has 0 radical (unpaired) electrons. The topological polar surface area (TPSA) is 79.0 Å². The summed E-state index contributed by atoms with van der Waals surface area (Å²) in [5, 5.41) is 9.71. The van der Waals surface area contributed by atoms with Crippen LogP contribution in [0.25, 0.3) is 0 Å². The first-order valence-electron chi connectivity index (χ1n) is 9.25. The maximum Gasteiger partial charge on any atom is 0.224 e. The van der Waals surface area contributed by atoms with Gasteiger partial charge in [0.05, 0.1) is 24.9 Å². The number of hydrogen-bond donors (Lipinski definition) is 2. The molecule has 0 aromatic heterocycles. The third-order valence-electron chi connectivity index (χ3n) is 5.17. The third kappa shape index (κ3) is 6.31. The summed E-state index contributed by atoms with van der Waals surface area (Å²) < 4.78 is 6.10. The quantitative estimate of drug-likeness (QED) is 0.757. The number of ether oxygens (including phenoxy) is 1. The van der Waals surface area contributed by atoms with Gasteiger partial charge >= 0.3 is 0 Å². The van der Waals surface area contributed by atoms with Gasteiger partial charge in [-0.3, -0.25) is 4.79 Å². The lowest BCUT2D eigenvalue weighted by atomic mass is 9.96. The summed E-state index contributed by atoms with van der Waals surface area (Å²) in [4.78, 5) is 16.9. The van der Waals surface area contributed by atoms with Gasteiger partial charge in [0, 0.05) is 39.1 Å². The molecular weight excluding hydrogens is 389 g/mol. The van der Waals surface area contributed by atoms with Crippen molar-refractivity contribution in [3.8, 4) is 0 Å². The molecule has 2 fully saturated rings. The van der Waals surface area contributed by atoms with E-state index in [0.717, 1.165) is 38.0 Å². The Bertz CT molecular complexity index is 556. The van der Waals surface area contributed by atoms with Crippen molar-refractivity contribution in [3.05, 3.63) is 35.9 Å². The molecule has 27 heavy (non-hydrogen) atoms. The Morgan fingerprint density at radius 3 is 2.44 bits per heavy atom. The normalized spacial score (nSPS) is 24.0.